The molecule has 8 heteroatoms. The van der Waals surface area contributed by atoms with Crippen LogP contribution in [0.2, 0.25) is 0 Å². The van der Waals surface area contributed by atoms with E-state index in [0.29, 0.717) is 39.2 Å². The monoisotopic (exact) mass is 360 g/mol. The lowest BCUT2D eigenvalue weighted by Gasteiger charge is -2.34. The predicted molar refractivity (Wildman–Crippen MR) is 91.5 cm³/mol. The van der Waals surface area contributed by atoms with Crippen LogP contribution in [0.3, 0.4) is 0 Å². The van der Waals surface area contributed by atoms with Gasteiger partial charge in [-0.1, -0.05) is 0 Å². The van der Waals surface area contributed by atoms with Crippen LogP contribution in [0.1, 0.15) is 27.2 Å². The van der Waals surface area contributed by atoms with Crippen LogP contribution in [0.15, 0.2) is 5.38 Å². The second-order valence-electron chi connectivity index (χ2n) is 5.68. The molecule has 130 valence electrons. The average Bonchev–Trinajstić information content (AvgIpc) is 2.86. The van der Waals surface area contributed by atoms with E-state index in [1.54, 1.807) is 23.3 Å². The van der Waals surface area contributed by atoms with Crippen molar-refractivity contribution in [1.29, 1.82) is 0 Å². The Morgan fingerprint density at radius 3 is 2.43 bits per heavy atom. The van der Waals surface area contributed by atoms with Crippen molar-refractivity contribution in [2.75, 3.05) is 45.6 Å². The zero-order valence-corrected chi connectivity index (χ0v) is 15.5. The van der Waals surface area contributed by atoms with Crippen molar-refractivity contribution in [2.24, 2.45) is 0 Å². The van der Waals surface area contributed by atoms with Crippen LogP contribution in [0.5, 0.6) is 0 Å². The van der Waals surface area contributed by atoms with E-state index in [9.17, 15) is 13.2 Å². The Morgan fingerprint density at radius 1 is 1.26 bits per heavy atom. The largest absolute Gasteiger partial charge is 0.385 e. The molecule has 1 saturated heterocycles. The molecule has 2 heterocycles. The lowest BCUT2D eigenvalue weighted by atomic mass is 10.1. The SMILES string of the molecule is COCCCS(=O)(=O)N1CCN(C(=O)c2csc(C)c2C)CC1. The standard InChI is InChI=1S/C15H24N2O4S2/c1-12-13(2)22-11-14(12)15(18)16-5-7-17(8-6-16)23(19,20)10-4-9-21-3/h11H,4-10H2,1-3H3. The first-order chi connectivity index (χ1) is 10.9. The first-order valence-electron chi connectivity index (χ1n) is 7.67. The quantitative estimate of drug-likeness (QED) is 0.721. The van der Waals surface area contributed by atoms with Gasteiger partial charge < -0.3 is 9.64 Å². The number of thiophene rings is 1. The smallest absolute Gasteiger partial charge is 0.255 e. The maximum absolute atomic E-state index is 12.5. The van der Waals surface area contributed by atoms with Crippen molar-refractivity contribution in [1.82, 2.24) is 9.21 Å². The molecule has 0 unspecified atom stereocenters. The third kappa shape index (κ3) is 4.32. The van der Waals surface area contributed by atoms with E-state index in [0.717, 1.165) is 16.0 Å². The van der Waals surface area contributed by atoms with Crippen LogP contribution in [0.25, 0.3) is 0 Å². The molecule has 1 amide bonds. The summed E-state index contributed by atoms with van der Waals surface area (Å²) in [5.41, 5.74) is 1.76. The zero-order valence-electron chi connectivity index (χ0n) is 13.9. The second kappa shape index (κ2) is 7.74. The molecular formula is C15H24N2O4S2. The van der Waals surface area contributed by atoms with E-state index in [4.69, 9.17) is 4.74 Å². The Hall–Kier alpha value is -0.960. The van der Waals surface area contributed by atoms with E-state index in [2.05, 4.69) is 0 Å². The molecule has 0 aromatic carbocycles. The summed E-state index contributed by atoms with van der Waals surface area (Å²) in [6.45, 7) is 6.01. The number of rotatable bonds is 6. The lowest BCUT2D eigenvalue weighted by molar-refractivity contribution is 0.0697. The molecule has 0 radical (unpaired) electrons. The van der Waals surface area contributed by atoms with Gasteiger partial charge in [0.05, 0.1) is 11.3 Å². The Labute approximate surface area is 142 Å². The number of sulfonamides is 1. The van der Waals surface area contributed by atoms with Crippen molar-refractivity contribution in [2.45, 2.75) is 20.3 Å². The number of methoxy groups -OCH3 is 1. The summed E-state index contributed by atoms with van der Waals surface area (Å²) >= 11 is 1.57. The molecule has 1 aliphatic heterocycles. The molecule has 1 fully saturated rings. The number of nitrogens with zero attached hydrogens (tertiary/aromatic N) is 2. The molecule has 1 aliphatic rings. The second-order valence-corrected chi connectivity index (χ2v) is 8.86. The number of amides is 1. The third-order valence-electron chi connectivity index (χ3n) is 4.19. The fourth-order valence-electron chi connectivity index (χ4n) is 2.58. The average molecular weight is 361 g/mol. The number of carbonyl (C=O) groups is 1. The number of carbonyl (C=O) groups excluding carboxylic acids is 1. The van der Waals surface area contributed by atoms with Crippen LogP contribution < -0.4 is 0 Å². The van der Waals surface area contributed by atoms with Crippen LogP contribution in [-0.2, 0) is 14.8 Å². The molecule has 6 nitrogen and oxygen atoms in total. The van der Waals surface area contributed by atoms with Gasteiger partial charge in [0.1, 0.15) is 0 Å². The molecule has 0 saturated carbocycles. The summed E-state index contributed by atoms with van der Waals surface area (Å²) in [5.74, 6) is 0.0979. The summed E-state index contributed by atoms with van der Waals surface area (Å²) in [7, 11) is -1.70. The van der Waals surface area contributed by atoms with Gasteiger partial charge in [0.2, 0.25) is 10.0 Å². The molecule has 0 bridgehead atoms. The van der Waals surface area contributed by atoms with Gasteiger partial charge in [-0.3, -0.25) is 4.79 Å². The topological polar surface area (TPSA) is 66.9 Å². The number of piperazine rings is 1. The maximum Gasteiger partial charge on any atom is 0.255 e. The number of hydrogen-bond acceptors (Lipinski definition) is 5. The molecule has 1 aromatic heterocycles. The highest BCUT2D eigenvalue weighted by atomic mass is 32.2. The van der Waals surface area contributed by atoms with Gasteiger partial charge in [-0.05, 0) is 25.8 Å². The van der Waals surface area contributed by atoms with E-state index in [-0.39, 0.29) is 11.7 Å². The molecule has 0 spiro atoms. The van der Waals surface area contributed by atoms with Crippen LogP contribution in [-0.4, -0.2) is 69.2 Å². The molecule has 0 aliphatic carbocycles. The van der Waals surface area contributed by atoms with Crippen molar-refractivity contribution in [3.05, 3.63) is 21.4 Å². The number of aryl methyl sites for hydroxylation is 1. The summed E-state index contributed by atoms with van der Waals surface area (Å²) in [4.78, 5) is 15.4. The van der Waals surface area contributed by atoms with Gasteiger partial charge in [-0.15, -0.1) is 11.3 Å². The minimum absolute atomic E-state index is 0.00304. The van der Waals surface area contributed by atoms with Gasteiger partial charge in [0.15, 0.2) is 0 Å². The van der Waals surface area contributed by atoms with E-state index in [1.807, 2.05) is 19.2 Å². The molecule has 23 heavy (non-hydrogen) atoms. The van der Waals surface area contributed by atoms with Crippen molar-refractivity contribution in [3.8, 4) is 0 Å². The maximum atomic E-state index is 12.5. The van der Waals surface area contributed by atoms with Crippen molar-refractivity contribution in [3.63, 3.8) is 0 Å². The molecule has 0 atom stereocenters. The summed E-state index contributed by atoms with van der Waals surface area (Å²) in [5, 5.41) is 1.89. The number of hydrogen-bond donors (Lipinski definition) is 0. The van der Waals surface area contributed by atoms with Crippen molar-refractivity contribution < 1.29 is 17.9 Å². The minimum atomic E-state index is -3.26. The van der Waals surface area contributed by atoms with Gasteiger partial charge in [-0.25, -0.2) is 8.42 Å². The van der Waals surface area contributed by atoms with E-state index in [1.165, 1.54) is 4.31 Å². The molecule has 0 N–H and O–H groups in total. The normalized spacial score (nSPS) is 16.7. The minimum Gasteiger partial charge on any atom is -0.385 e. The first kappa shape index (κ1) is 18.4. The first-order valence-corrected chi connectivity index (χ1v) is 10.2. The highest BCUT2D eigenvalue weighted by molar-refractivity contribution is 7.89. The predicted octanol–water partition coefficient (Wildman–Crippen LogP) is 1.49. The fourth-order valence-corrected chi connectivity index (χ4v) is 4.90. The highest BCUT2D eigenvalue weighted by Gasteiger charge is 2.29. The van der Waals surface area contributed by atoms with Gasteiger partial charge in [-0.2, -0.15) is 4.31 Å². The summed E-state index contributed by atoms with van der Waals surface area (Å²) < 4.78 is 30.9. The van der Waals surface area contributed by atoms with Gasteiger partial charge in [0.25, 0.3) is 5.91 Å². The van der Waals surface area contributed by atoms with E-state index < -0.39 is 10.0 Å². The van der Waals surface area contributed by atoms with Gasteiger partial charge in [0, 0.05) is 50.2 Å². The summed E-state index contributed by atoms with van der Waals surface area (Å²) in [6, 6.07) is 0. The van der Waals surface area contributed by atoms with Crippen LogP contribution in [0.4, 0.5) is 0 Å². The Bertz CT molecular complexity index is 646. The van der Waals surface area contributed by atoms with Crippen molar-refractivity contribution >= 4 is 27.3 Å². The van der Waals surface area contributed by atoms with Crippen LogP contribution >= 0.6 is 11.3 Å². The van der Waals surface area contributed by atoms with E-state index >= 15 is 0 Å². The molecule has 1 aromatic rings. The molecular weight excluding hydrogens is 336 g/mol. The number of ether oxygens (including phenoxy) is 1. The Balaban J connectivity index is 1.93. The van der Waals surface area contributed by atoms with Crippen LogP contribution in [0, 0.1) is 13.8 Å². The zero-order chi connectivity index (χ0) is 17.0. The fraction of sp³-hybridized carbons (Fsp3) is 0.667. The Morgan fingerprint density at radius 2 is 1.91 bits per heavy atom. The third-order valence-corrected chi connectivity index (χ3v) is 7.16. The lowest BCUT2D eigenvalue weighted by Crippen LogP contribution is -2.51. The highest BCUT2D eigenvalue weighted by Crippen LogP contribution is 2.22. The summed E-state index contributed by atoms with van der Waals surface area (Å²) in [6.07, 6.45) is 0.491. The Kier molecular flexibility index (Phi) is 6.19. The molecule has 2 rings (SSSR count). The van der Waals surface area contributed by atoms with Gasteiger partial charge >= 0.3 is 0 Å².